The first-order valence-corrected chi connectivity index (χ1v) is 11.0. The molecule has 1 N–H and O–H groups in total. The van der Waals surface area contributed by atoms with Crippen LogP contribution in [0, 0.1) is 11.7 Å². The largest absolute Gasteiger partial charge is 0.444 e. The average molecular weight is 456 g/mol. The van der Waals surface area contributed by atoms with Crippen molar-refractivity contribution in [3.63, 3.8) is 0 Å². The van der Waals surface area contributed by atoms with Crippen molar-refractivity contribution in [3.05, 3.63) is 59.9 Å². The van der Waals surface area contributed by atoms with Gasteiger partial charge in [0.2, 0.25) is 0 Å². The Bertz CT molecular complexity index is 991. The first-order chi connectivity index (χ1) is 15.8. The molecule has 0 aromatic heterocycles. The van der Waals surface area contributed by atoms with Crippen molar-refractivity contribution in [1.82, 2.24) is 14.7 Å². The summed E-state index contributed by atoms with van der Waals surface area (Å²) in [5, 5.41) is 2.71. The Kier molecular flexibility index (Phi) is 6.69. The fourth-order valence-electron chi connectivity index (χ4n) is 4.63. The van der Waals surface area contributed by atoms with Gasteiger partial charge in [0.15, 0.2) is 0 Å². The highest BCUT2D eigenvalue weighted by atomic mass is 19.1. The fraction of sp³-hybridized carbons (Fsp3) is 0.417. The maximum Gasteiger partial charge on any atom is 0.412 e. The molecule has 0 aliphatic carbocycles. The van der Waals surface area contributed by atoms with E-state index in [1.807, 2.05) is 35.2 Å². The van der Waals surface area contributed by atoms with Gasteiger partial charge in [0.05, 0.1) is 24.7 Å². The van der Waals surface area contributed by atoms with Gasteiger partial charge in [0, 0.05) is 33.2 Å². The van der Waals surface area contributed by atoms with E-state index < -0.39 is 11.9 Å². The van der Waals surface area contributed by atoms with Crippen LogP contribution >= 0.6 is 0 Å². The van der Waals surface area contributed by atoms with Gasteiger partial charge >= 0.3 is 12.1 Å². The zero-order chi connectivity index (χ0) is 23.5. The Hall–Kier alpha value is -3.33. The van der Waals surface area contributed by atoms with Gasteiger partial charge in [-0.2, -0.15) is 0 Å². The monoisotopic (exact) mass is 455 g/mol. The smallest absolute Gasteiger partial charge is 0.412 e. The Morgan fingerprint density at radius 3 is 2.45 bits per heavy atom. The Morgan fingerprint density at radius 2 is 1.76 bits per heavy atom. The molecule has 2 fully saturated rings. The third-order valence-electron chi connectivity index (χ3n) is 6.23. The molecule has 8 nitrogen and oxygen atoms in total. The van der Waals surface area contributed by atoms with Gasteiger partial charge in [-0.1, -0.05) is 43.3 Å². The third kappa shape index (κ3) is 5.03. The van der Waals surface area contributed by atoms with Gasteiger partial charge in [-0.3, -0.25) is 10.2 Å². The van der Waals surface area contributed by atoms with Gasteiger partial charge in [-0.25, -0.2) is 14.0 Å². The number of nitrogens with zero attached hydrogens (tertiary/aromatic N) is 4. The predicted octanol–water partition coefficient (Wildman–Crippen LogP) is 3.61. The van der Waals surface area contributed by atoms with E-state index in [0.717, 1.165) is 5.56 Å². The summed E-state index contributed by atoms with van der Waals surface area (Å²) >= 11 is 0. The average Bonchev–Trinajstić information content (AvgIpc) is 3.17. The van der Waals surface area contributed by atoms with Crippen LogP contribution in [0.2, 0.25) is 0 Å². The van der Waals surface area contributed by atoms with E-state index in [1.54, 1.807) is 36.0 Å². The molecule has 9 heteroatoms. The molecule has 0 saturated carbocycles. The molecule has 2 aromatic carbocycles. The number of ether oxygens (including phenoxy) is 1. The molecule has 176 valence electrons. The number of urea groups is 1. The number of carbonyl (C=O) groups is 2. The summed E-state index contributed by atoms with van der Waals surface area (Å²) < 4.78 is 20.3. The van der Waals surface area contributed by atoms with Crippen LogP contribution in [0.5, 0.6) is 0 Å². The minimum absolute atomic E-state index is 0.0108. The predicted molar refractivity (Wildman–Crippen MR) is 124 cm³/mol. The third-order valence-corrected chi connectivity index (χ3v) is 6.23. The van der Waals surface area contributed by atoms with Crippen LogP contribution < -0.4 is 10.2 Å². The van der Waals surface area contributed by atoms with E-state index in [1.165, 1.54) is 6.07 Å². The molecule has 2 saturated heterocycles. The van der Waals surface area contributed by atoms with Crippen LogP contribution in [0.4, 0.5) is 25.4 Å². The van der Waals surface area contributed by atoms with Crippen LogP contribution in [-0.4, -0.2) is 73.4 Å². The van der Waals surface area contributed by atoms with E-state index in [2.05, 4.69) is 17.1 Å². The molecule has 2 aliphatic heterocycles. The number of nitrogens with one attached hydrogen (secondary N) is 1. The summed E-state index contributed by atoms with van der Waals surface area (Å²) in [6, 6.07) is 14.2. The number of anilines is 2. The Balaban J connectivity index is 1.45. The van der Waals surface area contributed by atoms with Gasteiger partial charge < -0.3 is 19.4 Å². The van der Waals surface area contributed by atoms with E-state index >= 15 is 0 Å². The highest BCUT2D eigenvalue weighted by molar-refractivity contribution is 5.90. The molecule has 0 bridgehead atoms. The van der Waals surface area contributed by atoms with Crippen molar-refractivity contribution in [3.8, 4) is 0 Å². The highest BCUT2D eigenvalue weighted by Gasteiger charge is 2.39. The minimum Gasteiger partial charge on any atom is -0.444 e. The summed E-state index contributed by atoms with van der Waals surface area (Å²) in [6.45, 7) is 4.54. The number of carbonyl (C=O) groups excluding carboxylic acids is 2. The zero-order valence-corrected chi connectivity index (χ0v) is 19.2. The minimum atomic E-state index is -0.632. The summed E-state index contributed by atoms with van der Waals surface area (Å²) in [7, 11) is 3.56. The van der Waals surface area contributed by atoms with Gasteiger partial charge in [0.25, 0.3) is 0 Å². The number of hydrogen-bond donors (Lipinski definition) is 1. The van der Waals surface area contributed by atoms with Crippen molar-refractivity contribution in [2.24, 2.45) is 5.92 Å². The van der Waals surface area contributed by atoms with Crippen LogP contribution in [0.25, 0.3) is 0 Å². The maximum atomic E-state index is 15.0. The number of hydrogen-bond acceptors (Lipinski definition) is 5. The number of halogens is 1. The molecular weight excluding hydrogens is 425 g/mol. The molecular formula is C24H30FN5O3. The second-order valence-corrected chi connectivity index (χ2v) is 8.82. The van der Waals surface area contributed by atoms with E-state index in [9.17, 15) is 14.0 Å². The van der Waals surface area contributed by atoms with Crippen molar-refractivity contribution in [1.29, 1.82) is 0 Å². The van der Waals surface area contributed by atoms with E-state index in [4.69, 9.17) is 4.74 Å². The normalized spacial score (nSPS) is 21.5. The molecule has 2 atom stereocenters. The quantitative estimate of drug-likeness (QED) is 0.746. The first kappa shape index (κ1) is 22.8. The molecule has 33 heavy (non-hydrogen) atoms. The Morgan fingerprint density at radius 1 is 1.06 bits per heavy atom. The van der Waals surface area contributed by atoms with Crippen LogP contribution in [0.15, 0.2) is 48.5 Å². The zero-order valence-electron chi connectivity index (χ0n) is 19.2. The van der Waals surface area contributed by atoms with Crippen LogP contribution in [-0.2, 0) is 11.3 Å². The molecule has 4 rings (SSSR count). The summed E-state index contributed by atoms with van der Waals surface area (Å²) in [4.78, 5) is 32.1. The van der Waals surface area contributed by atoms with E-state index in [-0.39, 0.29) is 24.6 Å². The lowest BCUT2D eigenvalue weighted by Crippen LogP contribution is -2.59. The number of amides is 3. The van der Waals surface area contributed by atoms with Crippen molar-refractivity contribution < 1.29 is 18.7 Å². The van der Waals surface area contributed by atoms with Crippen molar-refractivity contribution in [2.75, 3.05) is 50.7 Å². The van der Waals surface area contributed by atoms with Gasteiger partial charge in [-0.15, -0.1) is 0 Å². The SMILES string of the molecule is C[C@@H]1CN(c2c(F)cccc2NC(=O)OCc2ccccc2)C[C@@H]1N1CN(C)C(=O)N(C)C1. The highest BCUT2D eigenvalue weighted by Crippen LogP contribution is 2.35. The lowest BCUT2D eigenvalue weighted by Gasteiger charge is -2.42. The molecule has 0 radical (unpaired) electrons. The number of benzene rings is 2. The van der Waals surface area contributed by atoms with Crippen molar-refractivity contribution in [2.45, 2.75) is 19.6 Å². The number of para-hydroxylation sites is 1. The fourth-order valence-corrected chi connectivity index (χ4v) is 4.63. The second kappa shape index (κ2) is 9.66. The summed E-state index contributed by atoms with van der Waals surface area (Å²) in [6.07, 6.45) is -0.632. The Labute approximate surface area is 193 Å². The molecule has 0 spiro atoms. The van der Waals surface area contributed by atoms with Crippen molar-refractivity contribution >= 4 is 23.5 Å². The van der Waals surface area contributed by atoms with Crippen LogP contribution in [0.3, 0.4) is 0 Å². The second-order valence-electron chi connectivity index (χ2n) is 8.82. The van der Waals surface area contributed by atoms with E-state index in [0.29, 0.717) is 37.8 Å². The molecule has 2 aliphatic rings. The molecule has 0 unspecified atom stereocenters. The lowest BCUT2D eigenvalue weighted by molar-refractivity contribution is 0.0233. The summed E-state index contributed by atoms with van der Waals surface area (Å²) in [5.74, 6) is -0.149. The lowest BCUT2D eigenvalue weighted by atomic mass is 10.1. The molecule has 2 heterocycles. The maximum absolute atomic E-state index is 15.0. The molecule has 3 amide bonds. The topological polar surface area (TPSA) is 68.4 Å². The first-order valence-electron chi connectivity index (χ1n) is 11.0. The summed E-state index contributed by atoms with van der Waals surface area (Å²) in [5.41, 5.74) is 1.61. The standard InChI is InChI=1S/C24H30FN5O3/c1-17-12-29(13-21(17)30-15-27(2)24(32)28(3)16-30)22-19(25)10-7-11-20(22)26-23(31)33-14-18-8-5-4-6-9-18/h4-11,17,21H,12-16H2,1-3H3,(H,26,31)/t17-,21+/m1/s1. The van der Waals surface area contributed by atoms with Gasteiger partial charge in [-0.05, 0) is 23.6 Å². The molecule has 2 aromatic rings. The van der Waals surface area contributed by atoms with Gasteiger partial charge in [0.1, 0.15) is 12.4 Å². The number of rotatable bonds is 5. The van der Waals surface area contributed by atoms with Crippen LogP contribution in [0.1, 0.15) is 12.5 Å².